The molecule has 19 heteroatoms. The summed E-state index contributed by atoms with van der Waals surface area (Å²) >= 11 is 8.12. The smallest absolute Gasteiger partial charge is 0.246 e. The monoisotopic (exact) mass is 1070 g/mol. The van der Waals surface area contributed by atoms with E-state index in [1.807, 2.05) is 71.3 Å². The van der Waals surface area contributed by atoms with E-state index in [2.05, 4.69) is 60.2 Å². The molecular weight excluding hydrogens is 998 g/mol. The number of unbranched alkanes of at least 4 members (excludes halogenated alkanes) is 1. The number of aryl methyl sites for hydroxylation is 2. The summed E-state index contributed by atoms with van der Waals surface area (Å²) in [4.78, 5) is 59.7. The fraction of sp³-hybridized carbons (Fsp3) is 0.491. The first-order valence-corrected chi connectivity index (χ1v) is 28.4. The Morgan fingerprint density at radius 3 is 2.32 bits per heavy atom. The molecule has 4 heterocycles. The van der Waals surface area contributed by atoms with Crippen LogP contribution in [0.5, 0.6) is 5.75 Å². The zero-order valence-corrected chi connectivity index (χ0v) is 46.4. The van der Waals surface area contributed by atoms with Crippen LogP contribution in [0.2, 0.25) is 5.02 Å². The summed E-state index contributed by atoms with van der Waals surface area (Å²) in [6.45, 7) is 19.9. The summed E-state index contributed by atoms with van der Waals surface area (Å²) < 4.78 is 32.6. The maximum Gasteiger partial charge on any atom is 0.246 e. The number of carbonyl (C=O) groups is 3. The Morgan fingerprint density at radius 2 is 1.66 bits per heavy atom. The van der Waals surface area contributed by atoms with Crippen LogP contribution < -0.4 is 26.0 Å². The molecular formula is C55H72ClN9O7S2. The number of benzene rings is 3. The molecule has 2 aliphatic heterocycles. The number of aliphatic hydroxyl groups is 1. The Hall–Kier alpha value is -5.66. The van der Waals surface area contributed by atoms with Gasteiger partial charge >= 0.3 is 0 Å². The third kappa shape index (κ3) is 14.0. The standard InChI is InChI=1S/C55H72ClN9O7S2/c1-33(2)72-46-28-41(35(5)26-44(46)61-54-58-30-42(56)51(63-54)60-43-14-10-11-15-47(43)74(70,71)34(3)4)38-21-24-64(25-22-38)23-13-12-16-48(67)62-50(55(7,8)9)53(69)65-31-40(66)27-45(65)52(68)57-29-37-17-19-39(20-18-37)49-36(6)59-32-73-49/h10-11,14-15,17-20,26,28,30,32-34,38,40,45,50,66H,12-13,16,21-25,27,29,31H2,1-9H3,(H,57,68)(H,62,67)(H2,58,60,61,63)/t40-,45-,50+/m1/s1. The fourth-order valence-electron chi connectivity index (χ4n) is 9.53. The number of nitrogens with one attached hydrogen (secondary N) is 4. The lowest BCUT2D eigenvalue weighted by molar-refractivity contribution is -0.144. The number of piperidine rings is 1. The van der Waals surface area contributed by atoms with Gasteiger partial charge in [0.2, 0.25) is 23.7 Å². The highest BCUT2D eigenvalue weighted by Crippen LogP contribution is 2.39. The Bertz CT molecular complexity index is 2880. The maximum absolute atomic E-state index is 14.2. The largest absolute Gasteiger partial charge is 0.489 e. The second-order valence-electron chi connectivity index (χ2n) is 21.1. The molecule has 16 nitrogen and oxygen atoms in total. The Balaban J connectivity index is 0.895. The normalized spacial score (nSPS) is 17.1. The molecule has 0 bridgehead atoms. The summed E-state index contributed by atoms with van der Waals surface area (Å²) in [5.74, 6) is 0.547. The number of carbonyl (C=O) groups excluding carboxylic acids is 3. The molecule has 3 atom stereocenters. The van der Waals surface area contributed by atoms with Crippen LogP contribution in [0.4, 0.5) is 23.1 Å². The molecule has 5 N–H and O–H groups in total. The van der Waals surface area contributed by atoms with Crippen LogP contribution in [-0.4, -0.2) is 112 Å². The van der Waals surface area contributed by atoms with Gasteiger partial charge in [0.1, 0.15) is 22.9 Å². The summed E-state index contributed by atoms with van der Waals surface area (Å²) in [5, 5.41) is 22.7. The van der Waals surface area contributed by atoms with Crippen molar-refractivity contribution in [1.82, 2.24) is 35.4 Å². The van der Waals surface area contributed by atoms with Gasteiger partial charge in [-0.15, -0.1) is 11.3 Å². The molecule has 0 spiro atoms. The maximum atomic E-state index is 14.2. The first-order chi connectivity index (χ1) is 35.1. The predicted molar refractivity (Wildman–Crippen MR) is 293 cm³/mol. The third-order valence-electron chi connectivity index (χ3n) is 13.7. The summed E-state index contributed by atoms with van der Waals surface area (Å²) in [6.07, 6.45) is 4.27. The van der Waals surface area contributed by atoms with E-state index in [4.69, 9.17) is 16.3 Å². The number of sulfone groups is 1. The van der Waals surface area contributed by atoms with Crippen molar-refractivity contribution in [3.8, 4) is 16.2 Å². The number of rotatable bonds is 20. The van der Waals surface area contributed by atoms with Gasteiger partial charge in [-0.3, -0.25) is 14.4 Å². The zero-order chi connectivity index (χ0) is 53.5. The minimum Gasteiger partial charge on any atom is -0.489 e. The van der Waals surface area contributed by atoms with E-state index in [1.165, 1.54) is 16.7 Å². The van der Waals surface area contributed by atoms with Crippen LogP contribution >= 0.6 is 22.9 Å². The summed E-state index contributed by atoms with van der Waals surface area (Å²) in [7, 11) is -3.59. The van der Waals surface area contributed by atoms with Gasteiger partial charge in [-0.05, 0) is 145 Å². The number of hydrogen-bond donors (Lipinski definition) is 5. The first kappa shape index (κ1) is 56.1. The molecule has 3 aromatic carbocycles. The molecule has 5 aromatic rings. The van der Waals surface area contributed by atoms with Crippen molar-refractivity contribution < 1.29 is 32.6 Å². The van der Waals surface area contributed by atoms with Crippen molar-refractivity contribution in [3.63, 3.8) is 0 Å². The number of anilines is 4. The first-order valence-electron chi connectivity index (χ1n) is 25.6. The quantitative estimate of drug-likeness (QED) is 0.0461. The number of ether oxygens (including phenoxy) is 1. The van der Waals surface area contributed by atoms with E-state index in [0.29, 0.717) is 29.5 Å². The summed E-state index contributed by atoms with van der Waals surface area (Å²) in [6, 6.07) is 17.0. The number of aromatic nitrogens is 3. The number of halogens is 1. The van der Waals surface area contributed by atoms with Crippen LogP contribution in [0.25, 0.3) is 10.4 Å². The van der Waals surface area contributed by atoms with E-state index < -0.39 is 38.7 Å². The molecule has 398 valence electrons. The number of β-amino-alcohol motifs (C(OH)–C–C–N with tert-alkyl or cyclic N) is 1. The number of hydrogen-bond acceptors (Lipinski definition) is 14. The molecule has 74 heavy (non-hydrogen) atoms. The van der Waals surface area contributed by atoms with Gasteiger partial charge < -0.3 is 40.9 Å². The van der Waals surface area contributed by atoms with Gasteiger partial charge in [-0.25, -0.2) is 18.4 Å². The number of likely N-dealkylation sites (tertiary alicyclic amines) is 2. The molecule has 2 saturated heterocycles. The molecule has 0 unspecified atom stereocenters. The average Bonchev–Trinajstić information content (AvgIpc) is 3.98. The molecule has 7 rings (SSSR count). The Labute approximate surface area is 445 Å². The van der Waals surface area contributed by atoms with Crippen LogP contribution in [0.3, 0.4) is 0 Å². The van der Waals surface area contributed by atoms with Crippen molar-refractivity contribution in [2.24, 2.45) is 5.41 Å². The van der Waals surface area contributed by atoms with Gasteiger partial charge in [0.25, 0.3) is 0 Å². The van der Waals surface area contributed by atoms with Crippen molar-refractivity contribution in [2.75, 3.05) is 36.8 Å². The third-order valence-corrected chi connectivity index (χ3v) is 17.1. The SMILES string of the molecule is Cc1cc(Nc2ncc(Cl)c(Nc3ccccc3S(=O)(=O)C(C)C)n2)c(OC(C)C)cc1C1CCN(CCCCC(=O)N[C@@H](C(=O)N2C[C@H](O)C[C@@H]2C(=O)NCc2ccc(-c3scnc3C)cc2)C(C)(C)C)CC1. The van der Waals surface area contributed by atoms with Crippen LogP contribution in [0, 0.1) is 19.3 Å². The molecule has 0 aliphatic carbocycles. The lowest BCUT2D eigenvalue weighted by atomic mass is 9.85. The van der Waals surface area contributed by atoms with Crippen LogP contribution in [0.15, 0.2) is 77.3 Å². The second-order valence-corrected chi connectivity index (χ2v) is 24.9. The zero-order valence-electron chi connectivity index (χ0n) is 44.0. The van der Waals surface area contributed by atoms with Crippen LogP contribution in [-0.2, 0) is 30.8 Å². The van der Waals surface area contributed by atoms with Gasteiger partial charge in [0.05, 0.1) is 56.0 Å². The number of amides is 3. The highest BCUT2D eigenvalue weighted by atomic mass is 35.5. The van der Waals surface area contributed by atoms with E-state index in [1.54, 1.807) is 49.4 Å². The molecule has 2 aliphatic rings. The van der Waals surface area contributed by atoms with E-state index in [-0.39, 0.29) is 71.4 Å². The Morgan fingerprint density at radius 1 is 0.946 bits per heavy atom. The summed E-state index contributed by atoms with van der Waals surface area (Å²) in [5.41, 5.74) is 7.47. The molecule has 3 amide bonds. The van der Waals surface area contributed by atoms with Crippen molar-refractivity contribution in [3.05, 3.63) is 99.8 Å². The number of para-hydroxylation sites is 1. The van der Waals surface area contributed by atoms with Gasteiger partial charge in [0.15, 0.2) is 15.7 Å². The van der Waals surface area contributed by atoms with E-state index in [9.17, 15) is 27.9 Å². The average molecular weight is 1070 g/mol. The van der Waals surface area contributed by atoms with Gasteiger partial charge in [-0.1, -0.05) is 68.8 Å². The van der Waals surface area contributed by atoms with Crippen LogP contribution in [0.1, 0.15) is 115 Å². The van der Waals surface area contributed by atoms with Gasteiger partial charge in [-0.2, -0.15) is 4.98 Å². The predicted octanol–water partition coefficient (Wildman–Crippen LogP) is 9.49. The lowest BCUT2D eigenvalue weighted by Gasteiger charge is -2.35. The minimum absolute atomic E-state index is 0.0154. The number of thiazole rings is 1. The van der Waals surface area contributed by atoms with Crippen molar-refractivity contribution in [2.45, 2.75) is 148 Å². The topological polar surface area (TPSA) is 208 Å². The lowest BCUT2D eigenvalue weighted by Crippen LogP contribution is -2.57. The molecule has 2 aromatic heterocycles. The number of aliphatic hydroxyl groups excluding tert-OH is 1. The van der Waals surface area contributed by atoms with E-state index >= 15 is 0 Å². The number of nitrogens with zero attached hydrogens (tertiary/aromatic N) is 5. The van der Waals surface area contributed by atoms with E-state index in [0.717, 1.165) is 66.2 Å². The molecule has 0 saturated carbocycles. The highest BCUT2D eigenvalue weighted by molar-refractivity contribution is 7.92. The minimum atomic E-state index is -3.59. The van der Waals surface area contributed by atoms with Gasteiger partial charge in [0, 0.05) is 25.9 Å². The van der Waals surface area contributed by atoms with Crippen molar-refractivity contribution >= 4 is 73.6 Å². The van der Waals surface area contributed by atoms with Crippen molar-refractivity contribution in [1.29, 1.82) is 0 Å². The Kier molecular flexibility index (Phi) is 18.4. The highest BCUT2D eigenvalue weighted by Gasteiger charge is 2.44. The second kappa shape index (κ2) is 24.3. The fourth-order valence-corrected chi connectivity index (χ4v) is 11.7. The molecule has 2 fully saturated rings. The molecule has 0 radical (unpaired) electrons.